The molecule has 0 saturated heterocycles. The van der Waals surface area contributed by atoms with Gasteiger partial charge in [-0.1, -0.05) is 11.3 Å². The highest BCUT2D eigenvalue weighted by molar-refractivity contribution is 7.16. The van der Waals surface area contributed by atoms with Crippen LogP contribution in [-0.2, 0) is 11.2 Å². The third-order valence-corrected chi connectivity index (χ3v) is 2.91. The molecule has 5 heteroatoms. The van der Waals surface area contributed by atoms with Crippen LogP contribution >= 0.6 is 11.3 Å². The molecule has 16 heavy (non-hydrogen) atoms. The Kier molecular flexibility index (Phi) is 2.78. The summed E-state index contributed by atoms with van der Waals surface area (Å²) in [6, 6.07) is 3.51. The number of ether oxygens (including phenoxy) is 1. The van der Waals surface area contributed by atoms with Gasteiger partial charge in [0.15, 0.2) is 11.3 Å². The minimum Gasteiger partial charge on any atom is -0.493 e. The largest absolute Gasteiger partial charge is 0.493 e. The Balaban J connectivity index is 2.62. The summed E-state index contributed by atoms with van der Waals surface area (Å²) in [5.41, 5.74) is 1.28. The van der Waals surface area contributed by atoms with Gasteiger partial charge in [0.2, 0.25) is 0 Å². The number of benzene rings is 1. The molecule has 0 atom stereocenters. The fourth-order valence-corrected chi connectivity index (χ4v) is 2.29. The minimum absolute atomic E-state index is 0.0669. The van der Waals surface area contributed by atoms with E-state index in [2.05, 4.69) is 0 Å². The van der Waals surface area contributed by atoms with Crippen LogP contribution in [0, 0.1) is 0 Å². The van der Waals surface area contributed by atoms with Crippen molar-refractivity contribution < 1.29 is 13.9 Å². The summed E-state index contributed by atoms with van der Waals surface area (Å²) in [6.07, 6.45) is 0.332. The van der Waals surface area contributed by atoms with Gasteiger partial charge in [-0.25, -0.2) is 4.79 Å². The lowest BCUT2D eigenvalue weighted by Gasteiger charge is -2.03. The van der Waals surface area contributed by atoms with Crippen molar-refractivity contribution in [2.45, 2.75) is 13.3 Å². The van der Waals surface area contributed by atoms with Crippen molar-refractivity contribution >= 4 is 27.4 Å². The first-order valence-electron chi connectivity index (χ1n) is 4.70. The lowest BCUT2D eigenvalue weighted by atomic mass is 10.1. The Morgan fingerprint density at radius 1 is 1.50 bits per heavy atom. The second kappa shape index (κ2) is 4.09. The van der Waals surface area contributed by atoms with Gasteiger partial charge >= 0.3 is 4.94 Å². The highest BCUT2D eigenvalue weighted by Crippen LogP contribution is 2.29. The zero-order chi connectivity index (χ0) is 11.7. The number of hydrogen-bond acceptors (Lipinski definition) is 5. The summed E-state index contributed by atoms with van der Waals surface area (Å²) in [7, 11) is 1.50. The van der Waals surface area contributed by atoms with Crippen molar-refractivity contribution in [2.24, 2.45) is 0 Å². The Morgan fingerprint density at radius 3 is 2.88 bits per heavy atom. The maximum atomic E-state index is 11.1. The molecule has 1 aromatic heterocycles. The van der Waals surface area contributed by atoms with Crippen molar-refractivity contribution in [3.63, 3.8) is 0 Å². The molecule has 0 aliphatic rings. The van der Waals surface area contributed by atoms with E-state index in [0.29, 0.717) is 22.5 Å². The van der Waals surface area contributed by atoms with Gasteiger partial charge in [0.25, 0.3) is 0 Å². The zero-order valence-corrected chi connectivity index (χ0v) is 9.72. The van der Waals surface area contributed by atoms with Crippen LogP contribution in [-0.4, -0.2) is 12.9 Å². The molecule has 2 rings (SSSR count). The van der Waals surface area contributed by atoms with Crippen LogP contribution in [0.15, 0.2) is 21.3 Å². The van der Waals surface area contributed by atoms with E-state index in [1.54, 1.807) is 12.1 Å². The molecule has 1 heterocycles. The van der Waals surface area contributed by atoms with Crippen LogP contribution in [0.4, 0.5) is 0 Å². The van der Waals surface area contributed by atoms with Crippen molar-refractivity contribution in [2.75, 3.05) is 7.11 Å². The molecule has 1 aromatic carbocycles. The summed E-state index contributed by atoms with van der Waals surface area (Å²) < 4.78 is 10.8. The van der Waals surface area contributed by atoms with Gasteiger partial charge in [0, 0.05) is 6.42 Å². The van der Waals surface area contributed by atoms with E-state index in [1.165, 1.54) is 14.0 Å². The maximum Gasteiger partial charge on any atom is 0.396 e. The average Bonchev–Trinajstić information content (AvgIpc) is 2.56. The Morgan fingerprint density at radius 2 is 2.25 bits per heavy atom. The van der Waals surface area contributed by atoms with Gasteiger partial charge in [0.1, 0.15) is 5.78 Å². The average molecular weight is 238 g/mol. The summed E-state index contributed by atoms with van der Waals surface area (Å²) >= 11 is 1.01. The van der Waals surface area contributed by atoms with Gasteiger partial charge in [-0.3, -0.25) is 4.79 Å². The lowest BCUT2D eigenvalue weighted by molar-refractivity contribution is -0.116. The second-order valence-corrected chi connectivity index (χ2v) is 4.44. The Hall–Kier alpha value is -1.62. The topological polar surface area (TPSA) is 56.5 Å². The van der Waals surface area contributed by atoms with Crippen LogP contribution in [0.5, 0.6) is 5.75 Å². The van der Waals surface area contributed by atoms with E-state index < -0.39 is 0 Å². The number of fused-ring (bicyclic) bond motifs is 1. The summed E-state index contributed by atoms with van der Waals surface area (Å²) in [5.74, 6) is 0.560. The molecule has 0 fully saturated rings. The van der Waals surface area contributed by atoms with Crippen molar-refractivity contribution in [1.82, 2.24) is 0 Å². The van der Waals surface area contributed by atoms with Gasteiger partial charge < -0.3 is 9.15 Å². The Bertz CT molecular complexity index is 594. The SMILES string of the molecule is COc1cc(CC(C)=O)cc2sc(=O)oc12. The number of Topliss-reactive ketones (excluding diaryl/α,β-unsaturated/α-hetero) is 1. The molecule has 0 aliphatic carbocycles. The van der Waals surface area contributed by atoms with Crippen LogP contribution < -0.4 is 9.68 Å². The smallest absolute Gasteiger partial charge is 0.396 e. The third kappa shape index (κ3) is 1.99. The number of hydrogen-bond donors (Lipinski definition) is 0. The third-order valence-electron chi connectivity index (χ3n) is 2.13. The van der Waals surface area contributed by atoms with E-state index in [4.69, 9.17) is 9.15 Å². The van der Waals surface area contributed by atoms with Crippen LogP contribution in [0.25, 0.3) is 10.3 Å². The minimum atomic E-state index is -0.367. The molecule has 0 bridgehead atoms. The van der Waals surface area contributed by atoms with Gasteiger partial charge in [-0.05, 0) is 24.6 Å². The molecule has 0 unspecified atom stereocenters. The summed E-state index contributed by atoms with van der Waals surface area (Å²) in [5, 5.41) is 0. The molecular weight excluding hydrogens is 228 g/mol. The molecule has 0 radical (unpaired) electrons. The van der Waals surface area contributed by atoms with E-state index in [-0.39, 0.29) is 10.7 Å². The quantitative estimate of drug-likeness (QED) is 0.820. The summed E-state index contributed by atoms with van der Waals surface area (Å²) in [6.45, 7) is 1.52. The number of ketones is 1. The molecule has 2 aromatic rings. The maximum absolute atomic E-state index is 11.1. The van der Waals surface area contributed by atoms with Crippen LogP contribution in [0.3, 0.4) is 0 Å². The molecule has 0 aliphatic heterocycles. The Labute approximate surface area is 95.5 Å². The van der Waals surface area contributed by atoms with Gasteiger partial charge in [0.05, 0.1) is 11.8 Å². The van der Waals surface area contributed by atoms with E-state index in [1.807, 2.05) is 0 Å². The van der Waals surface area contributed by atoms with Gasteiger partial charge in [-0.15, -0.1) is 0 Å². The molecule has 0 saturated carbocycles. The van der Waals surface area contributed by atoms with Crippen LogP contribution in [0.1, 0.15) is 12.5 Å². The molecule has 0 spiro atoms. The molecule has 0 N–H and O–H groups in total. The zero-order valence-electron chi connectivity index (χ0n) is 8.90. The monoisotopic (exact) mass is 238 g/mol. The normalized spacial score (nSPS) is 10.6. The summed E-state index contributed by atoms with van der Waals surface area (Å²) in [4.78, 5) is 21.8. The number of carbonyl (C=O) groups is 1. The molecular formula is C11H10O4S. The standard InChI is InChI=1S/C11H10O4S/c1-6(12)3-7-4-8(14-2)10-9(5-7)16-11(13)15-10/h4-5H,3H2,1-2H3. The fourth-order valence-electron chi connectivity index (χ4n) is 1.54. The molecule has 0 amide bonds. The second-order valence-electron chi connectivity index (χ2n) is 3.46. The van der Waals surface area contributed by atoms with E-state index in [0.717, 1.165) is 16.9 Å². The van der Waals surface area contributed by atoms with Gasteiger partial charge in [-0.2, -0.15) is 0 Å². The fraction of sp³-hybridized carbons (Fsp3) is 0.273. The van der Waals surface area contributed by atoms with Crippen molar-refractivity contribution in [3.8, 4) is 5.75 Å². The predicted molar refractivity (Wildman–Crippen MR) is 61.3 cm³/mol. The first-order valence-corrected chi connectivity index (χ1v) is 5.52. The highest BCUT2D eigenvalue weighted by Gasteiger charge is 2.11. The van der Waals surface area contributed by atoms with Crippen molar-refractivity contribution in [3.05, 3.63) is 27.4 Å². The van der Waals surface area contributed by atoms with Crippen LogP contribution in [0.2, 0.25) is 0 Å². The number of rotatable bonds is 3. The van der Waals surface area contributed by atoms with E-state index >= 15 is 0 Å². The number of carbonyl (C=O) groups excluding carboxylic acids is 1. The predicted octanol–water partition coefficient (Wildman–Crippen LogP) is 1.99. The highest BCUT2D eigenvalue weighted by atomic mass is 32.1. The lowest BCUT2D eigenvalue weighted by Crippen LogP contribution is -1.96. The molecule has 4 nitrogen and oxygen atoms in total. The first kappa shape index (κ1) is 10.9. The van der Waals surface area contributed by atoms with Crippen molar-refractivity contribution in [1.29, 1.82) is 0 Å². The first-order chi connectivity index (χ1) is 7.60. The molecule has 84 valence electrons. The van der Waals surface area contributed by atoms with E-state index in [9.17, 15) is 9.59 Å². The number of methoxy groups -OCH3 is 1.